The second kappa shape index (κ2) is 7.87. The van der Waals surface area contributed by atoms with Gasteiger partial charge in [0.1, 0.15) is 11.2 Å². The van der Waals surface area contributed by atoms with E-state index >= 15 is 0 Å². The van der Waals surface area contributed by atoms with E-state index in [0.29, 0.717) is 0 Å². The van der Waals surface area contributed by atoms with Crippen LogP contribution in [-0.2, 0) is 38.1 Å². The molecule has 7 rings (SSSR count). The van der Waals surface area contributed by atoms with Crippen LogP contribution < -0.4 is 0 Å². The van der Waals surface area contributed by atoms with Gasteiger partial charge in [0, 0.05) is 48.9 Å². The number of furan rings is 1. The van der Waals surface area contributed by atoms with Gasteiger partial charge in [-0.15, -0.1) is 17.7 Å². The zero-order chi connectivity index (χ0) is 21.1. The van der Waals surface area contributed by atoms with E-state index in [0.717, 1.165) is 11.2 Å². The molecule has 0 saturated carbocycles. The van der Waals surface area contributed by atoms with Crippen LogP contribution in [0.3, 0.4) is 0 Å². The summed E-state index contributed by atoms with van der Waals surface area (Å²) in [5.41, 5.74) is 7.95. The zero-order valence-electron chi connectivity index (χ0n) is 18.0. The maximum absolute atomic E-state index is 6.27. The van der Waals surface area contributed by atoms with Crippen LogP contribution in [0, 0.1) is 18.4 Å². The van der Waals surface area contributed by atoms with Crippen LogP contribution >= 0.6 is 0 Å². The summed E-state index contributed by atoms with van der Waals surface area (Å²) < 4.78 is 6.27. The first-order valence-electron chi connectivity index (χ1n) is 11.1. The molecule has 1 aromatic heterocycles. The molecule has 1 radical (unpaired) electrons. The summed E-state index contributed by atoms with van der Waals surface area (Å²) in [5.74, 6) is 0.184. The van der Waals surface area contributed by atoms with Crippen LogP contribution in [0.1, 0.15) is 16.7 Å². The Labute approximate surface area is 218 Å². The SMILES string of the molecule is [Y].[c-]1ccccc1C1(C2C=CC=C[CH-]2)c2ccccc2-c2c1ccc1oc3ccccc3c21. The average molecular weight is 497 g/mol. The number of rotatable bonds is 2. The summed E-state index contributed by atoms with van der Waals surface area (Å²) in [6.45, 7) is 0. The molecule has 2 aliphatic carbocycles. The quantitative estimate of drug-likeness (QED) is 0.229. The minimum atomic E-state index is -0.346. The number of fused-ring (bicyclic) bond motifs is 7. The van der Waals surface area contributed by atoms with E-state index in [1.54, 1.807) is 0 Å². The van der Waals surface area contributed by atoms with Gasteiger partial charge in [0.05, 0.1) is 0 Å². The van der Waals surface area contributed by atoms with Crippen molar-refractivity contribution in [2.75, 3.05) is 0 Å². The van der Waals surface area contributed by atoms with E-state index in [9.17, 15) is 0 Å². The molecular formula is C31H20OY-2. The van der Waals surface area contributed by atoms with Gasteiger partial charge in [0.2, 0.25) is 0 Å². The van der Waals surface area contributed by atoms with E-state index in [2.05, 4.69) is 104 Å². The Bertz CT molecular complexity index is 1560. The van der Waals surface area contributed by atoms with E-state index in [1.807, 2.05) is 18.2 Å². The maximum Gasteiger partial charge on any atom is 0.136 e. The fourth-order valence-corrected chi connectivity index (χ4v) is 5.87. The third kappa shape index (κ3) is 2.76. The molecule has 155 valence electrons. The topological polar surface area (TPSA) is 13.1 Å². The Morgan fingerprint density at radius 1 is 0.788 bits per heavy atom. The van der Waals surface area contributed by atoms with Crippen molar-refractivity contribution in [3.8, 4) is 11.1 Å². The van der Waals surface area contributed by atoms with E-state index in [-0.39, 0.29) is 44.0 Å². The molecule has 2 aliphatic rings. The molecule has 2 atom stereocenters. The fraction of sp³-hybridized carbons (Fsp3) is 0.0645. The first-order chi connectivity index (χ1) is 15.9. The summed E-state index contributed by atoms with van der Waals surface area (Å²) >= 11 is 0. The van der Waals surface area contributed by atoms with Crippen LogP contribution in [0.15, 0.2) is 114 Å². The first-order valence-corrected chi connectivity index (χ1v) is 11.1. The van der Waals surface area contributed by atoms with Gasteiger partial charge >= 0.3 is 0 Å². The van der Waals surface area contributed by atoms with Crippen molar-refractivity contribution in [3.63, 3.8) is 0 Å². The molecule has 1 heterocycles. The molecular weight excluding hydrogens is 477 g/mol. The Morgan fingerprint density at radius 3 is 2.48 bits per heavy atom. The largest absolute Gasteiger partial charge is 0.456 e. The van der Waals surface area contributed by atoms with Gasteiger partial charge in [-0.2, -0.15) is 30.3 Å². The average Bonchev–Trinajstić information content (AvgIpc) is 3.39. The van der Waals surface area contributed by atoms with E-state index in [1.165, 1.54) is 38.6 Å². The molecule has 2 heteroatoms. The molecule has 5 aromatic rings. The minimum absolute atomic E-state index is 0. The minimum Gasteiger partial charge on any atom is -0.456 e. The number of allylic oxidation sites excluding steroid dienone is 4. The Kier molecular flexibility index (Phi) is 4.94. The molecule has 0 fully saturated rings. The summed E-state index contributed by atoms with van der Waals surface area (Å²) in [4.78, 5) is 0. The van der Waals surface area contributed by atoms with Crippen LogP contribution in [-0.4, -0.2) is 0 Å². The van der Waals surface area contributed by atoms with Crippen LogP contribution in [0.5, 0.6) is 0 Å². The third-order valence-electron chi connectivity index (χ3n) is 7.08. The molecule has 0 spiro atoms. The number of para-hydroxylation sites is 1. The van der Waals surface area contributed by atoms with E-state index in [4.69, 9.17) is 4.42 Å². The van der Waals surface area contributed by atoms with E-state index < -0.39 is 0 Å². The summed E-state index contributed by atoms with van der Waals surface area (Å²) in [7, 11) is 0. The zero-order valence-corrected chi connectivity index (χ0v) is 20.9. The molecule has 1 nitrogen and oxygen atoms in total. The van der Waals surface area contributed by atoms with Crippen LogP contribution in [0.25, 0.3) is 33.1 Å². The van der Waals surface area contributed by atoms with Crippen LogP contribution in [0.2, 0.25) is 0 Å². The molecule has 4 aromatic carbocycles. The molecule has 0 aliphatic heterocycles. The van der Waals surface area contributed by atoms with Gasteiger partial charge in [0.15, 0.2) is 0 Å². The fourth-order valence-electron chi connectivity index (χ4n) is 5.87. The smallest absolute Gasteiger partial charge is 0.136 e. The Balaban J connectivity index is 0.00000206. The maximum atomic E-state index is 6.27. The standard InChI is InChI=1S/C31H20O.Y/c1-3-11-21(12-4-1)31(22-13-5-2-6-14-22)25-17-9-7-15-23(25)29-26(31)19-20-28-30(29)24-16-8-10-18-27(24)32-28;/h1-13,15-21H;/q-2;. The molecule has 33 heavy (non-hydrogen) atoms. The third-order valence-corrected chi connectivity index (χ3v) is 7.08. The summed E-state index contributed by atoms with van der Waals surface area (Å²) in [6.07, 6.45) is 11.1. The number of benzene rings is 4. The van der Waals surface area contributed by atoms with Crippen molar-refractivity contribution in [2.45, 2.75) is 5.41 Å². The second-order valence-electron chi connectivity index (χ2n) is 8.58. The molecule has 0 amide bonds. The molecule has 0 bridgehead atoms. The molecule has 2 unspecified atom stereocenters. The predicted octanol–water partition coefficient (Wildman–Crippen LogP) is 7.64. The van der Waals surface area contributed by atoms with Gasteiger partial charge in [-0.25, -0.2) is 18.6 Å². The summed E-state index contributed by atoms with van der Waals surface area (Å²) in [6, 6.07) is 33.7. The molecule has 0 saturated heterocycles. The van der Waals surface area contributed by atoms with Gasteiger partial charge in [-0.1, -0.05) is 54.4 Å². The van der Waals surface area contributed by atoms with Crippen molar-refractivity contribution >= 4 is 21.9 Å². The van der Waals surface area contributed by atoms with Crippen molar-refractivity contribution < 1.29 is 37.1 Å². The van der Waals surface area contributed by atoms with Crippen molar-refractivity contribution in [1.82, 2.24) is 0 Å². The number of hydrogen-bond acceptors (Lipinski definition) is 1. The van der Waals surface area contributed by atoms with Crippen LogP contribution in [0.4, 0.5) is 0 Å². The molecule has 0 N–H and O–H groups in total. The Morgan fingerprint density at radius 2 is 1.64 bits per heavy atom. The van der Waals surface area contributed by atoms with Gasteiger partial charge in [0.25, 0.3) is 0 Å². The van der Waals surface area contributed by atoms with Crippen molar-refractivity contribution in [2.24, 2.45) is 5.92 Å². The predicted molar refractivity (Wildman–Crippen MR) is 130 cm³/mol. The van der Waals surface area contributed by atoms with Crippen molar-refractivity contribution in [3.05, 3.63) is 138 Å². The normalized spacial score (nSPS) is 20.3. The first kappa shape index (κ1) is 20.7. The summed E-state index contributed by atoms with van der Waals surface area (Å²) in [5, 5.41) is 2.38. The monoisotopic (exact) mass is 497 g/mol. The Hall–Kier alpha value is -2.87. The van der Waals surface area contributed by atoms with Gasteiger partial charge in [-0.05, 0) is 34.4 Å². The number of hydrogen-bond donors (Lipinski definition) is 0. The van der Waals surface area contributed by atoms with Gasteiger partial charge in [-0.3, -0.25) is 0 Å². The van der Waals surface area contributed by atoms with Gasteiger partial charge < -0.3 is 4.42 Å². The van der Waals surface area contributed by atoms with Crippen molar-refractivity contribution in [1.29, 1.82) is 0 Å². The second-order valence-corrected chi connectivity index (χ2v) is 8.58.